The Bertz CT molecular complexity index is 728. The predicted octanol–water partition coefficient (Wildman–Crippen LogP) is 2.06. The molecule has 2 aromatic rings. The molecule has 0 bridgehead atoms. The van der Waals surface area contributed by atoms with Crippen molar-refractivity contribution in [3.63, 3.8) is 0 Å². The number of amides is 2. The molecular weight excluding hydrogens is 296 g/mol. The number of nitrogens with zero attached hydrogens (tertiary/aromatic N) is 1. The van der Waals surface area contributed by atoms with Crippen LogP contribution in [0.4, 0.5) is 11.4 Å². The molecule has 118 valence electrons. The molecule has 0 aliphatic carbocycles. The summed E-state index contributed by atoms with van der Waals surface area (Å²) in [5.74, 6) is 0.781. The molecule has 0 unspecified atom stereocenters. The van der Waals surface area contributed by atoms with Gasteiger partial charge < -0.3 is 14.8 Å². The van der Waals surface area contributed by atoms with Crippen LogP contribution >= 0.6 is 0 Å². The zero-order valence-corrected chi connectivity index (χ0v) is 12.6. The minimum absolute atomic E-state index is 0.0121. The first-order valence-corrected chi connectivity index (χ1v) is 7.13. The van der Waals surface area contributed by atoms with Gasteiger partial charge in [-0.3, -0.25) is 14.5 Å². The van der Waals surface area contributed by atoms with E-state index in [-0.39, 0.29) is 25.0 Å². The molecule has 0 spiro atoms. The molecule has 0 saturated heterocycles. The molecule has 1 N–H and O–H groups in total. The standard InChI is InChI=1S/C17H16N2O4/c1-22-12-6-8-13(9-7-12)23-11-17(21)19-10-16(20)18-14-4-2-3-5-15(14)19/h2-9H,10-11H2,1H3,(H,18,20). The Morgan fingerprint density at radius 1 is 1.13 bits per heavy atom. The number of para-hydroxylation sites is 2. The third-order valence-corrected chi connectivity index (χ3v) is 3.49. The number of fused-ring (bicyclic) bond motifs is 1. The molecule has 1 aliphatic rings. The molecule has 6 heteroatoms. The fourth-order valence-electron chi connectivity index (χ4n) is 2.35. The number of carbonyl (C=O) groups is 2. The van der Waals surface area contributed by atoms with Gasteiger partial charge in [0.2, 0.25) is 5.91 Å². The predicted molar refractivity (Wildman–Crippen MR) is 85.9 cm³/mol. The van der Waals surface area contributed by atoms with E-state index < -0.39 is 0 Å². The third kappa shape index (κ3) is 3.26. The van der Waals surface area contributed by atoms with Gasteiger partial charge in [0, 0.05) is 0 Å². The lowest BCUT2D eigenvalue weighted by atomic mass is 10.2. The number of benzene rings is 2. The van der Waals surface area contributed by atoms with Gasteiger partial charge in [0.1, 0.15) is 18.0 Å². The number of nitrogens with one attached hydrogen (secondary N) is 1. The fourth-order valence-corrected chi connectivity index (χ4v) is 2.35. The molecule has 0 saturated carbocycles. The van der Waals surface area contributed by atoms with Crippen LogP contribution in [0.2, 0.25) is 0 Å². The zero-order chi connectivity index (χ0) is 16.2. The van der Waals surface area contributed by atoms with Crippen LogP contribution in [0.3, 0.4) is 0 Å². The topological polar surface area (TPSA) is 67.9 Å². The van der Waals surface area contributed by atoms with Crippen LogP contribution in [0.25, 0.3) is 0 Å². The van der Waals surface area contributed by atoms with Gasteiger partial charge in [-0.15, -0.1) is 0 Å². The highest BCUT2D eigenvalue weighted by molar-refractivity contribution is 6.10. The smallest absolute Gasteiger partial charge is 0.265 e. The van der Waals surface area contributed by atoms with E-state index in [9.17, 15) is 9.59 Å². The Hall–Kier alpha value is -3.02. The first-order chi connectivity index (χ1) is 11.2. The summed E-state index contributed by atoms with van der Waals surface area (Å²) in [7, 11) is 1.58. The third-order valence-electron chi connectivity index (χ3n) is 3.49. The van der Waals surface area contributed by atoms with Crippen LogP contribution in [-0.4, -0.2) is 32.1 Å². The fraction of sp³-hybridized carbons (Fsp3) is 0.176. The van der Waals surface area contributed by atoms with E-state index in [0.29, 0.717) is 22.9 Å². The van der Waals surface area contributed by atoms with Gasteiger partial charge in [-0.2, -0.15) is 0 Å². The summed E-state index contributed by atoms with van der Waals surface area (Å²) in [6.07, 6.45) is 0. The summed E-state index contributed by atoms with van der Waals surface area (Å²) in [5, 5.41) is 2.74. The molecule has 2 amide bonds. The summed E-state index contributed by atoms with van der Waals surface area (Å²) in [6.45, 7) is -0.157. The average molecular weight is 312 g/mol. The Balaban J connectivity index is 1.69. The first kappa shape index (κ1) is 14.9. The van der Waals surface area contributed by atoms with E-state index >= 15 is 0 Å². The lowest BCUT2D eigenvalue weighted by Crippen LogP contribution is -2.44. The number of carbonyl (C=O) groups excluding carboxylic acids is 2. The van der Waals surface area contributed by atoms with Gasteiger partial charge in [-0.05, 0) is 36.4 Å². The summed E-state index contributed by atoms with van der Waals surface area (Å²) < 4.78 is 10.6. The van der Waals surface area contributed by atoms with E-state index in [1.165, 1.54) is 4.90 Å². The summed E-state index contributed by atoms with van der Waals surface area (Å²) in [4.78, 5) is 25.6. The quantitative estimate of drug-likeness (QED) is 0.938. The van der Waals surface area contributed by atoms with Gasteiger partial charge in [-0.25, -0.2) is 0 Å². The van der Waals surface area contributed by atoms with Crippen molar-refractivity contribution in [2.75, 3.05) is 30.5 Å². The van der Waals surface area contributed by atoms with Crippen LogP contribution in [-0.2, 0) is 9.59 Å². The van der Waals surface area contributed by atoms with Crippen molar-refractivity contribution >= 4 is 23.2 Å². The second-order valence-electron chi connectivity index (χ2n) is 5.01. The highest BCUT2D eigenvalue weighted by Crippen LogP contribution is 2.29. The molecule has 1 aliphatic heterocycles. The molecular formula is C17H16N2O4. The zero-order valence-electron chi connectivity index (χ0n) is 12.6. The lowest BCUT2D eigenvalue weighted by Gasteiger charge is -2.29. The maximum Gasteiger partial charge on any atom is 0.265 e. The summed E-state index contributed by atoms with van der Waals surface area (Å²) in [5.41, 5.74) is 1.30. The van der Waals surface area contributed by atoms with Gasteiger partial charge in [0.15, 0.2) is 6.61 Å². The van der Waals surface area contributed by atoms with Crippen molar-refractivity contribution in [3.8, 4) is 11.5 Å². The van der Waals surface area contributed by atoms with E-state index in [4.69, 9.17) is 9.47 Å². The van der Waals surface area contributed by atoms with Crippen molar-refractivity contribution in [2.45, 2.75) is 0 Å². The molecule has 1 heterocycles. The lowest BCUT2D eigenvalue weighted by molar-refractivity contribution is -0.123. The van der Waals surface area contributed by atoms with Crippen LogP contribution < -0.4 is 19.7 Å². The molecule has 6 nitrogen and oxygen atoms in total. The monoisotopic (exact) mass is 312 g/mol. The number of rotatable bonds is 4. The SMILES string of the molecule is COc1ccc(OCC(=O)N2CC(=O)Nc3ccccc32)cc1. The molecule has 3 rings (SSSR count). The minimum atomic E-state index is -0.275. The van der Waals surface area contributed by atoms with Gasteiger partial charge in [-0.1, -0.05) is 12.1 Å². The normalized spacial score (nSPS) is 13.1. The number of hydrogen-bond donors (Lipinski definition) is 1. The number of ether oxygens (including phenoxy) is 2. The largest absolute Gasteiger partial charge is 0.497 e. The molecule has 0 fully saturated rings. The number of anilines is 2. The highest BCUT2D eigenvalue weighted by Gasteiger charge is 2.26. The number of hydrogen-bond acceptors (Lipinski definition) is 4. The molecule has 2 aromatic carbocycles. The van der Waals surface area contributed by atoms with Crippen molar-refractivity contribution in [1.29, 1.82) is 0 Å². The maximum atomic E-state index is 12.4. The molecule has 0 radical (unpaired) electrons. The van der Waals surface area contributed by atoms with Crippen LogP contribution in [0.5, 0.6) is 11.5 Å². The minimum Gasteiger partial charge on any atom is -0.497 e. The summed E-state index contributed by atoms with van der Waals surface area (Å²) >= 11 is 0. The van der Waals surface area contributed by atoms with Gasteiger partial charge >= 0.3 is 0 Å². The van der Waals surface area contributed by atoms with Gasteiger partial charge in [0.05, 0.1) is 18.5 Å². The van der Waals surface area contributed by atoms with E-state index in [1.54, 1.807) is 49.6 Å². The van der Waals surface area contributed by atoms with E-state index in [0.717, 1.165) is 0 Å². The van der Waals surface area contributed by atoms with E-state index in [1.807, 2.05) is 6.07 Å². The molecule has 0 aromatic heterocycles. The number of methoxy groups -OCH3 is 1. The van der Waals surface area contributed by atoms with Gasteiger partial charge in [0.25, 0.3) is 5.91 Å². The second-order valence-corrected chi connectivity index (χ2v) is 5.01. The van der Waals surface area contributed by atoms with Crippen LogP contribution in [0.15, 0.2) is 48.5 Å². The second kappa shape index (κ2) is 6.39. The average Bonchev–Trinajstić information content (AvgIpc) is 2.59. The molecule has 0 atom stereocenters. The van der Waals surface area contributed by atoms with Crippen LogP contribution in [0, 0.1) is 0 Å². The first-order valence-electron chi connectivity index (χ1n) is 7.13. The Morgan fingerprint density at radius 3 is 2.57 bits per heavy atom. The highest BCUT2D eigenvalue weighted by atomic mass is 16.5. The van der Waals surface area contributed by atoms with Crippen molar-refractivity contribution in [1.82, 2.24) is 0 Å². The van der Waals surface area contributed by atoms with Crippen LogP contribution in [0.1, 0.15) is 0 Å². The Kier molecular flexibility index (Phi) is 4.14. The van der Waals surface area contributed by atoms with E-state index in [2.05, 4.69) is 5.32 Å². The summed E-state index contributed by atoms with van der Waals surface area (Å²) in [6, 6.07) is 14.1. The Labute approximate surface area is 133 Å². The van der Waals surface area contributed by atoms with Crippen molar-refractivity contribution < 1.29 is 19.1 Å². The maximum absolute atomic E-state index is 12.4. The Morgan fingerprint density at radius 2 is 1.83 bits per heavy atom. The van der Waals surface area contributed by atoms with Crippen molar-refractivity contribution in [3.05, 3.63) is 48.5 Å². The van der Waals surface area contributed by atoms with Crippen molar-refractivity contribution in [2.24, 2.45) is 0 Å². The molecule has 23 heavy (non-hydrogen) atoms.